The Morgan fingerprint density at radius 2 is 1.79 bits per heavy atom. The van der Waals surface area contributed by atoms with E-state index in [0.717, 1.165) is 30.6 Å². The molecule has 5 rings (SSSR count). The molecule has 2 saturated heterocycles. The van der Waals surface area contributed by atoms with Gasteiger partial charge in [0.15, 0.2) is 5.69 Å². The summed E-state index contributed by atoms with van der Waals surface area (Å²) in [4.78, 5) is 49.3. The monoisotopic (exact) mass is 536 g/mol. The topological polar surface area (TPSA) is 121 Å². The van der Waals surface area contributed by atoms with Crippen molar-refractivity contribution in [2.24, 2.45) is 0 Å². The molecule has 3 fully saturated rings. The second-order valence-corrected chi connectivity index (χ2v) is 9.44. The normalized spacial score (nSPS) is 18.8. The van der Waals surface area contributed by atoms with Crippen molar-refractivity contribution in [1.29, 1.82) is 0 Å². The average Bonchev–Trinajstić information content (AvgIpc) is 3.65. The molecule has 1 saturated carbocycles. The number of oxazole rings is 1. The minimum absolute atomic E-state index is 0.00317. The number of pyridine rings is 1. The summed E-state index contributed by atoms with van der Waals surface area (Å²) >= 11 is 0. The maximum atomic E-state index is 13.5. The highest BCUT2D eigenvalue weighted by Crippen LogP contribution is 2.35. The number of carbonyl (C=O) groups excluding carboxylic acids is 3. The van der Waals surface area contributed by atoms with Crippen LogP contribution in [0.5, 0.6) is 0 Å². The summed E-state index contributed by atoms with van der Waals surface area (Å²) in [5.41, 5.74) is -1.35. The Kier molecular flexibility index (Phi) is 7.13. The first-order chi connectivity index (χ1) is 18.2. The van der Waals surface area contributed by atoms with Crippen LogP contribution >= 0.6 is 0 Å². The number of nitrogens with zero attached hydrogens (tertiary/aromatic N) is 5. The van der Waals surface area contributed by atoms with Gasteiger partial charge in [-0.25, -0.2) is 9.78 Å². The maximum Gasteiger partial charge on any atom is 0.437 e. The minimum atomic E-state index is -4.95. The van der Waals surface area contributed by atoms with E-state index in [2.05, 4.69) is 15.3 Å². The highest BCUT2D eigenvalue weighted by molar-refractivity contribution is 6.03. The number of rotatable bonds is 5. The van der Waals surface area contributed by atoms with Crippen LogP contribution in [0.3, 0.4) is 0 Å². The van der Waals surface area contributed by atoms with Crippen molar-refractivity contribution in [3.8, 4) is 0 Å². The number of ether oxygens (including phenoxy) is 1. The van der Waals surface area contributed by atoms with Crippen LogP contribution < -0.4 is 15.1 Å². The molecule has 3 amide bonds. The Balaban J connectivity index is 1.20. The number of hydrogen-bond acceptors (Lipinski definition) is 8. The molecule has 2 aliphatic heterocycles. The van der Waals surface area contributed by atoms with Crippen LogP contribution in [0.1, 0.15) is 54.8 Å². The smallest absolute Gasteiger partial charge is 0.437 e. The summed E-state index contributed by atoms with van der Waals surface area (Å²) in [6.07, 6.45) is 0.677. The lowest BCUT2D eigenvalue weighted by Crippen LogP contribution is -2.49. The molecular weight excluding hydrogens is 509 g/mol. The van der Waals surface area contributed by atoms with E-state index in [0.29, 0.717) is 38.4 Å². The third-order valence-electron chi connectivity index (χ3n) is 6.83. The van der Waals surface area contributed by atoms with Gasteiger partial charge in [-0.2, -0.15) is 18.2 Å². The number of hydrogen-bond donors (Lipinski definition) is 1. The van der Waals surface area contributed by atoms with Crippen molar-refractivity contribution >= 4 is 35.4 Å². The van der Waals surface area contributed by atoms with Crippen LogP contribution in [0, 0.1) is 0 Å². The first kappa shape index (κ1) is 25.8. The Morgan fingerprint density at radius 1 is 1.05 bits per heavy atom. The van der Waals surface area contributed by atoms with Crippen LogP contribution in [0.2, 0.25) is 0 Å². The molecule has 0 spiro atoms. The number of alkyl halides is 3. The van der Waals surface area contributed by atoms with Crippen molar-refractivity contribution in [2.45, 2.75) is 50.8 Å². The van der Waals surface area contributed by atoms with E-state index in [-0.39, 0.29) is 30.9 Å². The fourth-order valence-electron chi connectivity index (χ4n) is 4.80. The molecule has 14 heteroatoms. The largest absolute Gasteiger partial charge is 0.446 e. The van der Waals surface area contributed by atoms with Gasteiger partial charge in [0.25, 0.3) is 5.91 Å². The van der Waals surface area contributed by atoms with E-state index in [4.69, 9.17) is 9.15 Å². The fourth-order valence-corrected chi connectivity index (χ4v) is 4.80. The van der Waals surface area contributed by atoms with Crippen molar-refractivity contribution < 1.29 is 36.7 Å². The van der Waals surface area contributed by atoms with Gasteiger partial charge in [-0.05, 0) is 44.2 Å². The zero-order valence-electron chi connectivity index (χ0n) is 20.5. The molecule has 2 aromatic rings. The van der Waals surface area contributed by atoms with E-state index in [1.807, 2.05) is 4.90 Å². The lowest BCUT2D eigenvalue weighted by molar-refractivity contribution is -0.141. The van der Waals surface area contributed by atoms with Crippen LogP contribution in [0.15, 0.2) is 22.7 Å². The maximum absolute atomic E-state index is 13.5. The second kappa shape index (κ2) is 10.5. The third-order valence-corrected chi connectivity index (χ3v) is 6.83. The number of carbonyl (C=O) groups is 3. The highest BCUT2D eigenvalue weighted by Gasteiger charge is 2.43. The van der Waals surface area contributed by atoms with E-state index in [1.54, 1.807) is 11.0 Å². The predicted octanol–water partition coefficient (Wildman–Crippen LogP) is 3.67. The molecule has 0 bridgehead atoms. The number of piperazine rings is 1. The summed E-state index contributed by atoms with van der Waals surface area (Å²) in [5, 5.41) is 2.35. The van der Waals surface area contributed by atoms with E-state index in [1.165, 1.54) is 12.3 Å². The van der Waals surface area contributed by atoms with E-state index >= 15 is 0 Å². The molecule has 0 atom stereocenters. The summed E-state index contributed by atoms with van der Waals surface area (Å²) in [5.74, 6) is -2.01. The van der Waals surface area contributed by atoms with Gasteiger partial charge in [-0.3, -0.25) is 14.5 Å². The van der Waals surface area contributed by atoms with Crippen LogP contribution in [0.4, 0.5) is 35.5 Å². The Bertz CT molecular complexity index is 1190. The van der Waals surface area contributed by atoms with Gasteiger partial charge in [-0.15, -0.1) is 0 Å². The number of anilines is 3. The molecule has 0 aromatic carbocycles. The second-order valence-electron chi connectivity index (χ2n) is 9.44. The molecule has 3 aliphatic rings. The lowest BCUT2D eigenvalue weighted by atomic mass is 10.3. The number of amides is 3. The average molecular weight is 537 g/mol. The standard InChI is InChI=1S/C24H27F3N6O5/c25-24(26,27)20-19(38-22(30-20)33-9-3-6-18(33)34)21(35)29-15-7-8-17(28-14-15)31-10-12-32(13-11-31)23(36)37-16-4-1-2-5-16/h7-8,14,16H,1-6,9-13H2,(H,29,35). The minimum Gasteiger partial charge on any atom is -0.446 e. The van der Waals surface area contributed by atoms with Gasteiger partial charge < -0.3 is 24.3 Å². The van der Waals surface area contributed by atoms with E-state index < -0.39 is 35.5 Å². The molecule has 204 valence electrons. The molecular formula is C24H27F3N6O5. The van der Waals surface area contributed by atoms with Gasteiger partial charge in [-0.1, -0.05) is 0 Å². The number of nitrogens with one attached hydrogen (secondary N) is 1. The number of aromatic nitrogens is 2. The zero-order valence-corrected chi connectivity index (χ0v) is 20.5. The first-order valence-corrected chi connectivity index (χ1v) is 12.6. The van der Waals surface area contributed by atoms with Crippen LogP contribution in [-0.4, -0.2) is 71.6 Å². The fraction of sp³-hybridized carbons (Fsp3) is 0.542. The molecule has 0 radical (unpaired) electrons. The van der Waals surface area contributed by atoms with Gasteiger partial charge in [0.05, 0.1) is 11.9 Å². The Morgan fingerprint density at radius 3 is 2.39 bits per heavy atom. The highest BCUT2D eigenvalue weighted by atomic mass is 19.4. The summed E-state index contributed by atoms with van der Waals surface area (Å²) in [6.45, 7) is 2.17. The zero-order chi connectivity index (χ0) is 26.9. The molecule has 2 aromatic heterocycles. The predicted molar refractivity (Wildman–Crippen MR) is 128 cm³/mol. The SMILES string of the molecule is O=C(Nc1ccc(N2CCN(C(=O)OC3CCCC3)CC2)nc1)c1oc(N2CCCC2=O)nc1C(F)(F)F. The Hall–Kier alpha value is -3.84. The molecule has 38 heavy (non-hydrogen) atoms. The van der Waals surface area contributed by atoms with Gasteiger partial charge in [0, 0.05) is 39.1 Å². The van der Waals surface area contributed by atoms with Gasteiger partial charge in [0.2, 0.25) is 11.7 Å². The summed E-state index contributed by atoms with van der Waals surface area (Å²) in [6, 6.07) is 2.58. The van der Waals surface area contributed by atoms with Crippen molar-refractivity contribution in [1.82, 2.24) is 14.9 Å². The molecule has 0 unspecified atom stereocenters. The van der Waals surface area contributed by atoms with Gasteiger partial charge >= 0.3 is 18.3 Å². The van der Waals surface area contributed by atoms with E-state index in [9.17, 15) is 27.6 Å². The number of halogens is 3. The van der Waals surface area contributed by atoms with Gasteiger partial charge in [0.1, 0.15) is 11.9 Å². The lowest BCUT2D eigenvalue weighted by Gasteiger charge is -2.35. The molecule has 11 nitrogen and oxygen atoms in total. The molecule has 1 aliphatic carbocycles. The summed E-state index contributed by atoms with van der Waals surface area (Å²) < 4.78 is 51.2. The molecule has 4 heterocycles. The van der Waals surface area contributed by atoms with Crippen LogP contribution in [-0.2, 0) is 15.7 Å². The van der Waals surface area contributed by atoms with Crippen LogP contribution in [0.25, 0.3) is 0 Å². The third kappa shape index (κ3) is 5.53. The van der Waals surface area contributed by atoms with Crippen molar-refractivity contribution in [2.75, 3.05) is 47.8 Å². The van der Waals surface area contributed by atoms with Crippen molar-refractivity contribution in [3.63, 3.8) is 0 Å². The Labute approximate surface area is 215 Å². The summed E-state index contributed by atoms with van der Waals surface area (Å²) in [7, 11) is 0. The first-order valence-electron chi connectivity index (χ1n) is 12.6. The quantitative estimate of drug-likeness (QED) is 0.615. The molecule has 1 N–H and O–H groups in total. The van der Waals surface area contributed by atoms with Crippen molar-refractivity contribution in [3.05, 3.63) is 29.8 Å².